The summed E-state index contributed by atoms with van der Waals surface area (Å²) >= 11 is 3.14. The number of hydrogen-bond acceptors (Lipinski definition) is 8. The van der Waals surface area contributed by atoms with Gasteiger partial charge < -0.3 is 4.74 Å². The van der Waals surface area contributed by atoms with Crippen molar-refractivity contribution in [3.8, 4) is 0 Å². The molecule has 1 saturated heterocycles. The number of benzene rings is 2. The highest BCUT2D eigenvalue weighted by atomic mass is 32.2. The highest BCUT2D eigenvalue weighted by molar-refractivity contribution is 7.98. The molecule has 1 aliphatic heterocycles. The fraction of sp³-hybridized carbons (Fsp3) is 0.517. The number of ether oxygens (including phenoxy) is 1. The van der Waals surface area contributed by atoms with Gasteiger partial charge in [0.05, 0.1) is 28.3 Å². The zero-order valence-corrected chi connectivity index (χ0v) is 26.4. The number of sulfonamides is 1. The Morgan fingerprint density at radius 3 is 2.30 bits per heavy atom. The molecule has 40 heavy (non-hydrogen) atoms. The Balaban J connectivity index is 1.62. The van der Waals surface area contributed by atoms with E-state index in [2.05, 4.69) is 4.90 Å². The van der Waals surface area contributed by atoms with Crippen LogP contribution in [0.5, 0.6) is 0 Å². The molecule has 218 valence electrons. The molecule has 4 rings (SSSR count). The SMILES string of the molecule is CSc1cccc2sc(N(CCN3CCOCC3)C(=O)c3ccc(S(=O)(=O)N(CC(C)C)CC(C)C)cc3)nc12. The molecule has 3 aromatic rings. The van der Waals surface area contributed by atoms with Gasteiger partial charge in [-0.1, -0.05) is 45.1 Å². The number of para-hydroxylation sites is 1. The third kappa shape index (κ3) is 7.43. The van der Waals surface area contributed by atoms with E-state index in [4.69, 9.17) is 9.72 Å². The van der Waals surface area contributed by atoms with E-state index >= 15 is 0 Å². The van der Waals surface area contributed by atoms with Gasteiger partial charge in [-0.15, -0.1) is 11.8 Å². The van der Waals surface area contributed by atoms with Crippen LogP contribution in [0.15, 0.2) is 52.3 Å². The topological polar surface area (TPSA) is 83.0 Å². The summed E-state index contributed by atoms with van der Waals surface area (Å²) in [6.07, 6.45) is 2.02. The van der Waals surface area contributed by atoms with Crippen LogP contribution in [0.3, 0.4) is 0 Å². The zero-order valence-electron chi connectivity index (χ0n) is 24.0. The maximum atomic E-state index is 13.9. The van der Waals surface area contributed by atoms with E-state index in [9.17, 15) is 13.2 Å². The average Bonchev–Trinajstić information content (AvgIpc) is 3.37. The van der Waals surface area contributed by atoms with Gasteiger partial charge in [-0.3, -0.25) is 14.6 Å². The lowest BCUT2D eigenvalue weighted by Gasteiger charge is -2.29. The van der Waals surface area contributed by atoms with E-state index in [1.165, 1.54) is 11.3 Å². The summed E-state index contributed by atoms with van der Waals surface area (Å²) in [4.78, 5) is 24.1. The van der Waals surface area contributed by atoms with Crippen molar-refractivity contribution in [3.63, 3.8) is 0 Å². The van der Waals surface area contributed by atoms with Crippen molar-refractivity contribution in [1.29, 1.82) is 0 Å². The van der Waals surface area contributed by atoms with Gasteiger partial charge in [0.1, 0.15) is 0 Å². The molecule has 0 unspecified atom stereocenters. The molecule has 1 aliphatic rings. The first-order valence-corrected chi connectivity index (χ1v) is 17.2. The fourth-order valence-corrected chi connectivity index (χ4v) is 8.11. The minimum Gasteiger partial charge on any atom is -0.379 e. The number of anilines is 1. The van der Waals surface area contributed by atoms with E-state index in [-0.39, 0.29) is 22.6 Å². The van der Waals surface area contributed by atoms with Gasteiger partial charge >= 0.3 is 0 Å². The molecule has 0 radical (unpaired) electrons. The largest absolute Gasteiger partial charge is 0.379 e. The number of hydrogen-bond donors (Lipinski definition) is 0. The van der Waals surface area contributed by atoms with Crippen LogP contribution in [0.4, 0.5) is 5.13 Å². The Labute approximate surface area is 246 Å². The summed E-state index contributed by atoms with van der Waals surface area (Å²) in [5, 5.41) is 0.645. The van der Waals surface area contributed by atoms with Crippen molar-refractivity contribution in [2.24, 2.45) is 11.8 Å². The van der Waals surface area contributed by atoms with Crippen LogP contribution in [0, 0.1) is 11.8 Å². The number of nitrogens with zero attached hydrogens (tertiary/aromatic N) is 4. The number of morpholine rings is 1. The number of fused-ring (bicyclic) bond motifs is 1. The van der Waals surface area contributed by atoms with Crippen molar-refractivity contribution in [1.82, 2.24) is 14.2 Å². The van der Waals surface area contributed by atoms with Crippen LogP contribution in [-0.4, -0.2) is 87.3 Å². The molecule has 2 aromatic carbocycles. The normalized spacial score (nSPS) is 15.0. The van der Waals surface area contributed by atoms with Gasteiger partial charge in [0, 0.05) is 49.7 Å². The van der Waals surface area contributed by atoms with Crippen LogP contribution in [0.1, 0.15) is 38.1 Å². The Kier molecular flexibility index (Phi) is 10.6. The Hall–Kier alpha value is -2.02. The molecule has 2 heterocycles. The Morgan fingerprint density at radius 2 is 1.70 bits per heavy atom. The van der Waals surface area contributed by atoms with E-state index in [0.29, 0.717) is 50.1 Å². The molecule has 8 nitrogen and oxygen atoms in total. The fourth-order valence-electron chi connectivity index (χ4n) is 4.70. The van der Waals surface area contributed by atoms with Crippen molar-refractivity contribution in [3.05, 3.63) is 48.0 Å². The number of thioether (sulfide) groups is 1. The van der Waals surface area contributed by atoms with E-state index in [1.54, 1.807) is 45.2 Å². The second-order valence-corrected chi connectivity index (χ2v) is 14.6. The van der Waals surface area contributed by atoms with Crippen LogP contribution >= 0.6 is 23.1 Å². The Bertz CT molecular complexity index is 1370. The smallest absolute Gasteiger partial charge is 0.260 e. The molecule has 0 spiro atoms. The van der Waals surface area contributed by atoms with Gasteiger partial charge in [-0.25, -0.2) is 13.4 Å². The van der Waals surface area contributed by atoms with Crippen molar-refractivity contribution >= 4 is 54.4 Å². The molecule has 0 N–H and O–H groups in total. The lowest BCUT2D eigenvalue weighted by Crippen LogP contribution is -2.43. The second-order valence-electron chi connectivity index (χ2n) is 10.8. The summed E-state index contributed by atoms with van der Waals surface area (Å²) in [5.41, 5.74) is 1.33. The maximum absolute atomic E-state index is 13.9. The third-order valence-electron chi connectivity index (χ3n) is 6.69. The van der Waals surface area contributed by atoms with Gasteiger partial charge in [0.25, 0.3) is 5.91 Å². The van der Waals surface area contributed by atoms with Crippen molar-refractivity contribution < 1.29 is 17.9 Å². The van der Waals surface area contributed by atoms with Gasteiger partial charge in [-0.2, -0.15) is 4.31 Å². The van der Waals surface area contributed by atoms with Crippen LogP contribution < -0.4 is 4.90 Å². The second kappa shape index (κ2) is 13.8. The number of amides is 1. The van der Waals surface area contributed by atoms with Crippen LogP contribution in [0.2, 0.25) is 0 Å². The minimum absolute atomic E-state index is 0.191. The van der Waals surface area contributed by atoms with Crippen molar-refractivity contribution in [2.75, 3.05) is 63.6 Å². The lowest BCUT2D eigenvalue weighted by atomic mass is 10.2. The average molecular weight is 605 g/mol. The molecule has 1 fully saturated rings. The number of carbonyl (C=O) groups is 1. The van der Waals surface area contributed by atoms with Crippen LogP contribution in [-0.2, 0) is 14.8 Å². The molecule has 0 aliphatic carbocycles. The van der Waals surface area contributed by atoms with E-state index < -0.39 is 10.0 Å². The predicted octanol–water partition coefficient (Wildman–Crippen LogP) is 5.30. The highest BCUT2D eigenvalue weighted by Crippen LogP contribution is 2.34. The monoisotopic (exact) mass is 604 g/mol. The molecule has 11 heteroatoms. The summed E-state index contributed by atoms with van der Waals surface area (Å²) in [6.45, 7) is 13.2. The van der Waals surface area contributed by atoms with E-state index in [1.807, 2.05) is 52.1 Å². The molecular formula is C29H40N4O4S3. The minimum atomic E-state index is -3.68. The number of aromatic nitrogens is 1. The number of carbonyl (C=O) groups excluding carboxylic acids is 1. The highest BCUT2D eigenvalue weighted by Gasteiger charge is 2.28. The van der Waals surface area contributed by atoms with Gasteiger partial charge in [-0.05, 0) is 54.5 Å². The van der Waals surface area contributed by atoms with Crippen LogP contribution in [0.25, 0.3) is 10.2 Å². The zero-order chi connectivity index (χ0) is 28.9. The quantitative estimate of drug-likeness (QED) is 0.260. The first kappa shape index (κ1) is 30.9. The molecule has 0 bridgehead atoms. The number of rotatable bonds is 12. The molecule has 1 amide bonds. The summed E-state index contributed by atoms with van der Waals surface area (Å²) in [5.74, 6) is 0.216. The van der Waals surface area contributed by atoms with Gasteiger partial charge in [0.15, 0.2) is 5.13 Å². The van der Waals surface area contributed by atoms with Gasteiger partial charge in [0.2, 0.25) is 10.0 Å². The van der Waals surface area contributed by atoms with Crippen molar-refractivity contribution in [2.45, 2.75) is 37.5 Å². The standard InChI is InChI=1S/C29H40N4O4S3/c1-21(2)19-32(20-22(3)4)40(35,36)24-11-9-23(10-12-24)28(34)33(14-13-31-15-17-37-18-16-31)29-30-27-25(38-5)7-6-8-26(27)39-29/h6-12,21-22H,13-20H2,1-5H3. The predicted molar refractivity (Wildman–Crippen MR) is 165 cm³/mol. The molecule has 0 saturated carbocycles. The first-order valence-electron chi connectivity index (χ1n) is 13.8. The third-order valence-corrected chi connectivity index (χ3v) is 10.3. The summed E-state index contributed by atoms with van der Waals surface area (Å²) in [6, 6.07) is 12.4. The maximum Gasteiger partial charge on any atom is 0.260 e. The first-order chi connectivity index (χ1) is 19.1. The van der Waals surface area contributed by atoms with E-state index in [0.717, 1.165) is 28.2 Å². The Morgan fingerprint density at radius 1 is 1.05 bits per heavy atom. The summed E-state index contributed by atoms with van der Waals surface area (Å²) < 4.78 is 35.0. The molecule has 1 aromatic heterocycles. The lowest BCUT2D eigenvalue weighted by molar-refractivity contribution is 0.0391. The molecule has 0 atom stereocenters. The molecular weight excluding hydrogens is 565 g/mol. The number of thiazole rings is 1. The summed E-state index contributed by atoms with van der Waals surface area (Å²) in [7, 11) is -3.68.